The van der Waals surface area contributed by atoms with E-state index in [0.29, 0.717) is 12.7 Å². The standard InChI is InChI=1S/C12H16FNO/c13-10-4-1-3-9(7-10)12(14)8-15-11-5-2-6-11/h1,3-4,7,11-12H,2,5-6,8,14H2. The molecule has 1 aliphatic rings. The summed E-state index contributed by atoms with van der Waals surface area (Å²) < 4.78 is 18.5. The van der Waals surface area contributed by atoms with E-state index in [1.54, 1.807) is 6.07 Å². The lowest BCUT2D eigenvalue weighted by Crippen LogP contribution is -2.26. The Labute approximate surface area is 89.2 Å². The van der Waals surface area contributed by atoms with Crippen molar-refractivity contribution in [1.29, 1.82) is 0 Å². The summed E-state index contributed by atoms with van der Waals surface area (Å²) in [6, 6.07) is 6.17. The normalized spacial score (nSPS) is 18.5. The number of benzene rings is 1. The Balaban J connectivity index is 1.86. The van der Waals surface area contributed by atoms with Crippen LogP contribution in [0.4, 0.5) is 4.39 Å². The zero-order valence-electron chi connectivity index (χ0n) is 8.66. The highest BCUT2D eigenvalue weighted by Gasteiger charge is 2.19. The molecule has 1 unspecified atom stereocenters. The van der Waals surface area contributed by atoms with Crippen molar-refractivity contribution in [2.24, 2.45) is 5.73 Å². The molecule has 1 aliphatic carbocycles. The fourth-order valence-electron chi connectivity index (χ4n) is 1.61. The van der Waals surface area contributed by atoms with E-state index in [2.05, 4.69) is 0 Å². The molecule has 2 nitrogen and oxygen atoms in total. The van der Waals surface area contributed by atoms with Crippen LogP contribution in [0.15, 0.2) is 24.3 Å². The Kier molecular flexibility index (Phi) is 3.34. The first-order chi connectivity index (χ1) is 7.25. The van der Waals surface area contributed by atoms with E-state index >= 15 is 0 Å². The molecule has 2 rings (SSSR count). The fourth-order valence-corrected chi connectivity index (χ4v) is 1.61. The van der Waals surface area contributed by atoms with Gasteiger partial charge >= 0.3 is 0 Å². The zero-order valence-corrected chi connectivity index (χ0v) is 8.66. The lowest BCUT2D eigenvalue weighted by atomic mass is 9.96. The van der Waals surface area contributed by atoms with E-state index in [1.165, 1.54) is 18.6 Å². The van der Waals surface area contributed by atoms with Crippen molar-refractivity contribution in [3.05, 3.63) is 35.6 Å². The number of nitrogens with two attached hydrogens (primary N) is 1. The first-order valence-electron chi connectivity index (χ1n) is 5.38. The summed E-state index contributed by atoms with van der Waals surface area (Å²) in [4.78, 5) is 0. The Morgan fingerprint density at radius 2 is 2.27 bits per heavy atom. The predicted octanol–water partition coefficient (Wildman–Crippen LogP) is 2.39. The number of halogens is 1. The third kappa shape index (κ3) is 2.76. The second-order valence-corrected chi connectivity index (χ2v) is 4.05. The van der Waals surface area contributed by atoms with Gasteiger partial charge in [0, 0.05) is 0 Å². The van der Waals surface area contributed by atoms with Gasteiger partial charge in [0.2, 0.25) is 0 Å². The Morgan fingerprint density at radius 1 is 1.47 bits per heavy atom. The van der Waals surface area contributed by atoms with Crippen LogP contribution in [-0.2, 0) is 4.74 Å². The van der Waals surface area contributed by atoms with Crippen LogP contribution in [0.25, 0.3) is 0 Å². The van der Waals surface area contributed by atoms with E-state index < -0.39 is 0 Å². The third-order valence-corrected chi connectivity index (χ3v) is 2.84. The van der Waals surface area contributed by atoms with Gasteiger partial charge in [-0.1, -0.05) is 12.1 Å². The van der Waals surface area contributed by atoms with Crippen LogP contribution in [-0.4, -0.2) is 12.7 Å². The van der Waals surface area contributed by atoms with E-state index in [1.807, 2.05) is 6.07 Å². The molecule has 0 saturated heterocycles. The van der Waals surface area contributed by atoms with Crippen LogP contribution in [0, 0.1) is 5.82 Å². The zero-order chi connectivity index (χ0) is 10.7. The average molecular weight is 209 g/mol. The summed E-state index contributed by atoms with van der Waals surface area (Å²) in [6.07, 6.45) is 3.90. The quantitative estimate of drug-likeness (QED) is 0.826. The van der Waals surface area contributed by atoms with E-state index in [0.717, 1.165) is 18.4 Å². The Bertz CT molecular complexity index is 325. The highest BCUT2D eigenvalue weighted by Crippen LogP contribution is 2.23. The molecule has 0 heterocycles. The minimum absolute atomic E-state index is 0.221. The first-order valence-corrected chi connectivity index (χ1v) is 5.38. The molecular formula is C12H16FNO. The van der Waals surface area contributed by atoms with Crippen molar-refractivity contribution in [2.45, 2.75) is 31.4 Å². The van der Waals surface area contributed by atoms with Crippen molar-refractivity contribution in [1.82, 2.24) is 0 Å². The van der Waals surface area contributed by atoms with Gasteiger partial charge in [-0.2, -0.15) is 0 Å². The highest BCUT2D eigenvalue weighted by atomic mass is 19.1. The largest absolute Gasteiger partial charge is 0.376 e. The molecule has 15 heavy (non-hydrogen) atoms. The highest BCUT2D eigenvalue weighted by molar-refractivity contribution is 5.19. The smallest absolute Gasteiger partial charge is 0.123 e. The Morgan fingerprint density at radius 3 is 2.87 bits per heavy atom. The van der Waals surface area contributed by atoms with Gasteiger partial charge in [0.15, 0.2) is 0 Å². The predicted molar refractivity (Wildman–Crippen MR) is 56.9 cm³/mol. The average Bonchev–Trinajstić information content (AvgIpc) is 2.15. The molecule has 1 aromatic rings. The molecule has 3 heteroatoms. The van der Waals surface area contributed by atoms with Crippen molar-refractivity contribution in [3.63, 3.8) is 0 Å². The van der Waals surface area contributed by atoms with E-state index in [9.17, 15) is 4.39 Å². The van der Waals surface area contributed by atoms with E-state index in [4.69, 9.17) is 10.5 Å². The third-order valence-electron chi connectivity index (χ3n) is 2.84. The number of ether oxygens (including phenoxy) is 1. The van der Waals surface area contributed by atoms with Crippen LogP contribution < -0.4 is 5.73 Å². The number of hydrogen-bond donors (Lipinski definition) is 1. The van der Waals surface area contributed by atoms with Gasteiger partial charge in [-0.15, -0.1) is 0 Å². The maximum atomic E-state index is 12.9. The maximum Gasteiger partial charge on any atom is 0.123 e. The molecule has 0 spiro atoms. The van der Waals surface area contributed by atoms with Gasteiger partial charge in [-0.05, 0) is 37.0 Å². The lowest BCUT2D eigenvalue weighted by molar-refractivity contribution is -0.00447. The molecule has 2 N–H and O–H groups in total. The van der Waals surface area contributed by atoms with Gasteiger partial charge in [0.05, 0.1) is 18.8 Å². The van der Waals surface area contributed by atoms with Crippen molar-refractivity contribution >= 4 is 0 Å². The van der Waals surface area contributed by atoms with Crippen molar-refractivity contribution in [2.75, 3.05) is 6.61 Å². The summed E-state index contributed by atoms with van der Waals surface area (Å²) in [7, 11) is 0. The molecule has 1 fully saturated rings. The van der Waals surface area contributed by atoms with Crippen LogP contribution in [0.5, 0.6) is 0 Å². The van der Waals surface area contributed by atoms with Crippen LogP contribution in [0.2, 0.25) is 0 Å². The topological polar surface area (TPSA) is 35.2 Å². The summed E-state index contributed by atoms with van der Waals surface area (Å²) in [5.74, 6) is -0.244. The SMILES string of the molecule is NC(COC1CCC1)c1cccc(F)c1. The molecular weight excluding hydrogens is 193 g/mol. The van der Waals surface area contributed by atoms with Crippen LogP contribution in [0.3, 0.4) is 0 Å². The molecule has 0 radical (unpaired) electrons. The summed E-state index contributed by atoms with van der Waals surface area (Å²) in [5, 5.41) is 0. The second kappa shape index (κ2) is 4.73. The molecule has 0 aromatic heterocycles. The monoisotopic (exact) mass is 209 g/mol. The molecule has 1 atom stereocenters. The lowest BCUT2D eigenvalue weighted by Gasteiger charge is -2.27. The number of hydrogen-bond acceptors (Lipinski definition) is 2. The van der Waals surface area contributed by atoms with Crippen molar-refractivity contribution in [3.8, 4) is 0 Å². The Hall–Kier alpha value is -0.930. The minimum atomic E-state index is -0.244. The maximum absolute atomic E-state index is 12.9. The summed E-state index contributed by atoms with van der Waals surface area (Å²) in [5.41, 5.74) is 6.70. The van der Waals surface area contributed by atoms with Gasteiger partial charge in [-0.25, -0.2) is 4.39 Å². The van der Waals surface area contributed by atoms with Crippen molar-refractivity contribution < 1.29 is 9.13 Å². The summed E-state index contributed by atoms with van der Waals surface area (Å²) in [6.45, 7) is 0.480. The number of rotatable bonds is 4. The molecule has 1 aromatic carbocycles. The molecule has 0 amide bonds. The summed E-state index contributed by atoms with van der Waals surface area (Å²) >= 11 is 0. The van der Waals surface area contributed by atoms with Gasteiger partial charge in [0.1, 0.15) is 5.82 Å². The van der Waals surface area contributed by atoms with Gasteiger partial charge in [-0.3, -0.25) is 0 Å². The molecule has 1 saturated carbocycles. The van der Waals surface area contributed by atoms with Crippen LogP contribution in [0.1, 0.15) is 30.9 Å². The van der Waals surface area contributed by atoms with Crippen LogP contribution >= 0.6 is 0 Å². The first kappa shape index (κ1) is 10.6. The molecule has 82 valence electrons. The second-order valence-electron chi connectivity index (χ2n) is 4.05. The molecule has 0 bridgehead atoms. The van der Waals surface area contributed by atoms with E-state index in [-0.39, 0.29) is 11.9 Å². The minimum Gasteiger partial charge on any atom is -0.376 e. The van der Waals surface area contributed by atoms with Gasteiger partial charge < -0.3 is 10.5 Å². The fraction of sp³-hybridized carbons (Fsp3) is 0.500. The molecule has 0 aliphatic heterocycles. The van der Waals surface area contributed by atoms with Gasteiger partial charge in [0.25, 0.3) is 0 Å².